The van der Waals surface area contributed by atoms with Gasteiger partial charge in [0.05, 0.1) is 35.8 Å². The van der Waals surface area contributed by atoms with E-state index < -0.39 is 0 Å². The fraction of sp³-hybridized carbons (Fsp3) is 0.292. The number of benzene rings is 2. The van der Waals surface area contributed by atoms with Gasteiger partial charge < -0.3 is 14.6 Å². The zero-order chi connectivity index (χ0) is 22.7. The van der Waals surface area contributed by atoms with Gasteiger partial charge >= 0.3 is 0 Å². The van der Waals surface area contributed by atoms with Gasteiger partial charge in [-0.25, -0.2) is 9.37 Å². The molecule has 0 saturated heterocycles. The number of amides is 1. The highest BCUT2D eigenvalue weighted by atomic mass is 19.1. The molecule has 0 spiro atoms. The largest absolute Gasteiger partial charge is 0.383 e. The van der Waals surface area contributed by atoms with E-state index in [1.807, 2.05) is 38.1 Å². The van der Waals surface area contributed by atoms with Crippen molar-refractivity contribution in [3.8, 4) is 11.3 Å². The van der Waals surface area contributed by atoms with Crippen LogP contribution in [0.4, 0.5) is 4.39 Å². The molecule has 0 aliphatic carbocycles. The number of methoxy groups -OCH3 is 1. The summed E-state index contributed by atoms with van der Waals surface area (Å²) in [4.78, 5) is 17.7. The average Bonchev–Trinajstić information content (AvgIpc) is 3.33. The van der Waals surface area contributed by atoms with Gasteiger partial charge in [0.25, 0.3) is 0 Å². The first-order chi connectivity index (χ1) is 15.5. The van der Waals surface area contributed by atoms with E-state index >= 15 is 0 Å². The Kier molecular flexibility index (Phi) is 6.32. The van der Waals surface area contributed by atoms with Crippen LogP contribution in [-0.4, -0.2) is 39.4 Å². The molecule has 2 heterocycles. The molecule has 2 aromatic heterocycles. The molecule has 4 rings (SSSR count). The minimum Gasteiger partial charge on any atom is -0.383 e. The van der Waals surface area contributed by atoms with Crippen molar-refractivity contribution in [2.75, 3.05) is 13.7 Å². The van der Waals surface area contributed by atoms with E-state index in [9.17, 15) is 9.18 Å². The molecular formula is C24H26FN5O2. The molecule has 0 aliphatic rings. The second kappa shape index (κ2) is 9.32. The third-order valence-electron chi connectivity index (χ3n) is 5.50. The molecule has 7 nitrogen and oxygen atoms in total. The summed E-state index contributed by atoms with van der Waals surface area (Å²) >= 11 is 0. The first-order valence-corrected chi connectivity index (χ1v) is 10.5. The highest BCUT2D eigenvalue weighted by molar-refractivity contribution is 5.82. The lowest BCUT2D eigenvalue weighted by Gasteiger charge is -2.16. The Hall–Kier alpha value is -3.52. The number of aromatic nitrogens is 4. The number of carbonyl (C=O) groups is 1. The predicted octanol–water partition coefficient (Wildman–Crippen LogP) is 3.94. The van der Waals surface area contributed by atoms with Crippen LogP contribution in [-0.2, 0) is 22.5 Å². The molecule has 8 heteroatoms. The number of aryl methyl sites for hydroxylation is 1. The predicted molar refractivity (Wildman–Crippen MR) is 121 cm³/mol. The van der Waals surface area contributed by atoms with Crippen molar-refractivity contribution >= 4 is 16.9 Å². The number of carbonyl (C=O) groups excluding carboxylic acids is 1. The average molecular weight is 436 g/mol. The molecule has 0 fully saturated rings. The molecule has 0 bridgehead atoms. The van der Waals surface area contributed by atoms with Crippen LogP contribution in [0.25, 0.3) is 22.3 Å². The third kappa shape index (κ3) is 4.40. The van der Waals surface area contributed by atoms with Crippen LogP contribution < -0.4 is 5.32 Å². The number of ether oxygens (including phenoxy) is 1. The molecule has 2 N–H and O–H groups in total. The summed E-state index contributed by atoms with van der Waals surface area (Å²) < 4.78 is 20.6. The zero-order valence-electron chi connectivity index (χ0n) is 18.4. The number of nitrogens with zero attached hydrogens (tertiary/aromatic N) is 3. The van der Waals surface area contributed by atoms with Gasteiger partial charge in [0.1, 0.15) is 11.6 Å². The minimum absolute atomic E-state index is 0.143. The summed E-state index contributed by atoms with van der Waals surface area (Å²) in [5.74, 6) is 0.320. The lowest BCUT2D eigenvalue weighted by Crippen LogP contribution is -2.30. The van der Waals surface area contributed by atoms with Gasteiger partial charge in [0, 0.05) is 30.5 Å². The third-order valence-corrected chi connectivity index (χ3v) is 5.50. The summed E-state index contributed by atoms with van der Waals surface area (Å²) in [5, 5.41) is 10.3. The van der Waals surface area contributed by atoms with Crippen LogP contribution in [0.5, 0.6) is 0 Å². The van der Waals surface area contributed by atoms with Crippen LogP contribution >= 0.6 is 0 Å². The molecule has 0 saturated carbocycles. The molecule has 1 unspecified atom stereocenters. The van der Waals surface area contributed by atoms with Crippen molar-refractivity contribution in [2.24, 2.45) is 0 Å². The van der Waals surface area contributed by atoms with Crippen molar-refractivity contribution in [1.29, 1.82) is 0 Å². The van der Waals surface area contributed by atoms with Crippen LogP contribution in [0, 0.1) is 12.7 Å². The van der Waals surface area contributed by atoms with Crippen molar-refractivity contribution in [3.05, 3.63) is 71.4 Å². The van der Waals surface area contributed by atoms with Gasteiger partial charge in [-0.1, -0.05) is 12.1 Å². The number of fused-ring (bicyclic) bond motifs is 1. The Morgan fingerprint density at radius 3 is 2.72 bits per heavy atom. The summed E-state index contributed by atoms with van der Waals surface area (Å²) in [6.07, 6.45) is 0.150. The van der Waals surface area contributed by atoms with Crippen LogP contribution in [0.2, 0.25) is 0 Å². The van der Waals surface area contributed by atoms with E-state index in [4.69, 9.17) is 9.72 Å². The molecular weight excluding hydrogens is 409 g/mol. The number of rotatable bonds is 8. The summed E-state index contributed by atoms with van der Waals surface area (Å²) in [7, 11) is 1.66. The van der Waals surface area contributed by atoms with Crippen molar-refractivity contribution in [2.45, 2.75) is 32.9 Å². The summed E-state index contributed by atoms with van der Waals surface area (Å²) in [6.45, 7) is 4.98. The van der Waals surface area contributed by atoms with Gasteiger partial charge in [0.2, 0.25) is 5.91 Å². The number of nitrogens with one attached hydrogen (secondary N) is 2. The lowest BCUT2D eigenvalue weighted by molar-refractivity contribution is -0.121. The van der Waals surface area contributed by atoms with Gasteiger partial charge in [-0.15, -0.1) is 0 Å². The van der Waals surface area contributed by atoms with Crippen LogP contribution in [0.3, 0.4) is 0 Å². The van der Waals surface area contributed by atoms with Crippen LogP contribution in [0.15, 0.2) is 48.5 Å². The SMILES string of the molecule is COCCn1c(C(C)NC(=O)Cc2c(-c3ccc(F)cc3)n[nH]c2C)nc2ccccc21. The molecule has 2 aromatic carbocycles. The maximum atomic E-state index is 13.3. The zero-order valence-corrected chi connectivity index (χ0v) is 18.4. The normalized spacial score (nSPS) is 12.2. The second-order valence-electron chi connectivity index (χ2n) is 7.75. The Labute approximate surface area is 185 Å². The van der Waals surface area contributed by atoms with E-state index in [2.05, 4.69) is 20.1 Å². The maximum absolute atomic E-state index is 13.3. The molecule has 0 radical (unpaired) electrons. The Morgan fingerprint density at radius 1 is 1.22 bits per heavy atom. The van der Waals surface area contributed by atoms with Crippen molar-refractivity contribution < 1.29 is 13.9 Å². The Bertz CT molecular complexity index is 1230. The Morgan fingerprint density at radius 2 is 1.97 bits per heavy atom. The van der Waals surface area contributed by atoms with Gasteiger partial charge in [-0.05, 0) is 50.2 Å². The quantitative estimate of drug-likeness (QED) is 0.439. The van der Waals surface area contributed by atoms with Gasteiger partial charge in [0.15, 0.2) is 0 Å². The number of aromatic amines is 1. The maximum Gasteiger partial charge on any atom is 0.225 e. The molecule has 166 valence electrons. The highest BCUT2D eigenvalue weighted by Gasteiger charge is 2.21. The van der Waals surface area contributed by atoms with E-state index in [1.165, 1.54) is 12.1 Å². The van der Waals surface area contributed by atoms with E-state index in [0.717, 1.165) is 33.7 Å². The van der Waals surface area contributed by atoms with Crippen molar-refractivity contribution in [1.82, 2.24) is 25.1 Å². The van der Waals surface area contributed by atoms with E-state index in [0.29, 0.717) is 18.8 Å². The smallest absolute Gasteiger partial charge is 0.225 e. The number of para-hydroxylation sites is 2. The fourth-order valence-electron chi connectivity index (χ4n) is 3.88. The van der Waals surface area contributed by atoms with Crippen molar-refractivity contribution in [3.63, 3.8) is 0 Å². The number of imidazole rings is 1. The number of H-pyrrole nitrogens is 1. The first kappa shape index (κ1) is 21.7. The second-order valence-corrected chi connectivity index (χ2v) is 7.75. The minimum atomic E-state index is -0.314. The number of hydrogen-bond donors (Lipinski definition) is 2. The molecule has 1 amide bonds. The molecule has 32 heavy (non-hydrogen) atoms. The van der Waals surface area contributed by atoms with Gasteiger partial charge in [-0.2, -0.15) is 5.10 Å². The van der Waals surface area contributed by atoms with E-state index in [-0.39, 0.29) is 24.2 Å². The standard InChI is InChI=1S/C24H26FN5O2/c1-15-19(23(29-28-15)17-8-10-18(25)11-9-17)14-22(31)26-16(2)24-27-20-6-4-5-7-21(20)30(24)12-13-32-3/h4-11,16H,12-14H2,1-3H3,(H,26,31)(H,28,29). The number of halogens is 1. The first-order valence-electron chi connectivity index (χ1n) is 10.5. The topological polar surface area (TPSA) is 84.8 Å². The Balaban J connectivity index is 1.54. The summed E-state index contributed by atoms with van der Waals surface area (Å²) in [5.41, 5.74) is 4.88. The fourth-order valence-corrected chi connectivity index (χ4v) is 3.88. The molecule has 1 atom stereocenters. The summed E-state index contributed by atoms with van der Waals surface area (Å²) in [6, 6.07) is 13.7. The number of hydrogen-bond acceptors (Lipinski definition) is 4. The lowest BCUT2D eigenvalue weighted by atomic mass is 10.0. The van der Waals surface area contributed by atoms with Crippen LogP contribution in [0.1, 0.15) is 30.0 Å². The highest BCUT2D eigenvalue weighted by Crippen LogP contribution is 2.25. The monoisotopic (exact) mass is 435 g/mol. The van der Waals surface area contributed by atoms with Gasteiger partial charge in [-0.3, -0.25) is 9.89 Å². The molecule has 4 aromatic rings. The molecule has 0 aliphatic heterocycles. The van der Waals surface area contributed by atoms with E-state index in [1.54, 1.807) is 19.2 Å².